The average molecular weight is 288 g/mol. The molecule has 0 N–H and O–H groups in total. The van der Waals surface area contributed by atoms with Gasteiger partial charge in [0, 0.05) is 6.54 Å². The summed E-state index contributed by atoms with van der Waals surface area (Å²) < 4.78 is 12.0. The van der Waals surface area contributed by atoms with Gasteiger partial charge in [0.25, 0.3) is 0 Å². The van der Waals surface area contributed by atoms with Crippen LogP contribution in [0, 0.1) is 0 Å². The summed E-state index contributed by atoms with van der Waals surface area (Å²) in [7, 11) is 4.05. The summed E-state index contributed by atoms with van der Waals surface area (Å²) in [5.74, 6) is 1.71. The van der Waals surface area contributed by atoms with E-state index in [-0.39, 0.29) is 0 Å². The van der Waals surface area contributed by atoms with E-state index in [4.69, 9.17) is 9.47 Å². The first-order valence-corrected chi connectivity index (χ1v) is 6.12. The molecule has 0 atom stereocenters. The third kappa shape index (κ3) is 4.41. The summed E-state index contributed by atoms with van der Waals surface area (Å²) in [5, 5.41) is 0. The second-order valence-corrected chi connectivity index (χ2v) is 4.53. The van der Waals surface area contributed by atoms with E-state index in [2.05, 4.69) is 20.8 Å². The van der Waals surface area contributed by atoms with Gasteiger partial charge in [0.05, 0.1) is 11.1 Å². The highest BCUT2D eigenvalue weighted by Gasteiger charge is 2.03. The quantitative estimate of drug-likeness (QED) is 0.803. The van der Waals surface area contributed by atoms with E-state index in [9.17, 15) is 0 Å². The van der Waals surface area contributed by atoms with Crippen LogP contribution in [0.4, 0.5) is 0 Å². The summed E-state index contributed by atoms with van der Waals surface area (Å²) >= 11 is 3.47. The Bertz CT molecular complexity index is 329. The molecule has 0 heterocycles. The van der Waals surface area contributed by atoms with E-state index in [0.717, 1.165) is 22.5 Å². The lowest BCUT2D eigenvalue weighted by Gasteiger charge is -2.12. The van der Waals surface area contributed by atoms with E-state index < -0.39 is 0 Å². The standard InChI is InChI=1S/C12H18BrNO2/c1-4-15-10-5-6-12(11(13)9-10)16-8-7-14(2)3/h5-6,9H,4,7-8H2,1-3H3. The molecule has 1 aromatic rings. The zero-order valence-electron chi connectivity index (χ0n) is 10.00. The molecule has 0 amide bonds. The molecule has 0 aliphatic carbocycles. The molecule has 0 fully saturated rings. The van der Waals surface area contributed by atoms with Gasteiger partial charge in [-0.15, -0.1) is 0 Å². The highest BCUT2D eigenvalue weighted by Crippen LogP contribution is 2.29. The molecule has 0 unspecified atom stereocenters. The van der Waals surface area contributed by atoms with Crippen LogP contribution in [0.15, 0.2) is 22.7 Å². The van der Waals surface area contributed by atoms with Crippen molar-refractivity contribution >= 4 is 15.9 Å². The third-order valence-corrected chi connectivity index (χ3v) is 2.63. The molecule has 1 aromatic carbocycles. The maximum atomic E-state index is 5.64. The molecule has 4 heteroatoms. The molecule has 0 spiro atoms. The molecule has 16 heavy (non-hydrogen) atoms. The molecule has 0 saturated carbocycles. The van der Waals surface area contributed by atoms with Gasteiger partial charge < -0.3 is 14.4 Å². The number of hydrogen-bond donors (Lipinski definition) is 0. The van der Waals surface area contributed by atoms with Gasteiger partial charge in [-0.2, -0.15) is 0 Å². The summed E-state index contributed by atoms with van der Waals surface area (Å²) in [6.07, 6.45) is 0. The van der Waals surface area contributed by atoms with E-state index in [1.54, 1.807) is 0 Å². The summed E-state index contributed by atoms with van der Waals surface area (Å²) in [6, 6.07) is 5.76. The topological polar surface area (TPSA) is 21.7 Å². The molecule has 90 valence electrons. The summed E-state index contributed by atoms with van der Waals surface area (Å²) in [6.45, 7) is 4.22. The van der Waals surface area contributed by atoms with Gasteiger partial charge in [-0.25, -0.2) is 0 Å². The van der Waals surface area contributed by atoms with Crippen LogP contribution in [-0.2, 0) is 0 Å². The lowest BCUT2D eigenvalue weighted by atomic mass is 10.3. The van der Waals surface area contributed by atoms with Crippen molar-refractivity contribution in [3.63, 3.8) is 0 Å². The smallest absolute Gasteiger partial charge is 0.133 e. The lowest BCUT2D eigenvalue weighted by Crippen LogP contribution is -2.19. The van der Waals surface area contributed by atoms with Crippen molar-refractivity contribution in [3.8, 4) is 11.5 Å². The Morgan fingerprint density at radius 2 is 2.00 bits per heavy atom. The molecule has 0 aliphatic rings. The minimum atomic E-state index is 0.674. The van der Waals surface area contributed by atoms with Gasteiger partial charge in [-0.05, 0) is 55.1 Å². The molecule has 1 rings (SSSR count). The Labute approximate surface area is 105 Å². The second kappa shape index (κ2) is 6.76. The number of ether oxygens (including phenoxy) is 2. The Morgan fingerprint density at radius 1 is 1.25 bits per heavy atom. The first-order valence-electron chi connectivity index (χ1n) is 5.33. The molecule has 0 aromatic heterocycles. The number of hydrogen-bond acceptors (Lipinski definition) is 3. The minimum absolute atomic E-state index is 0.674. The van der Waals surface area contributed by atoms with Gasteiger partial charge in [-0.1, -0.05) is 0 Å². The SMILES string of the molecule is CCOc1ccc(OCCN(C)C)c(Br)c1. The third-order valence-electron chi connectivity index (χ3n) is 2.01. The predicted octanol–water partition coefficient (Wildman–Crippen LogP) is 2.79. The fourth-order valence-corrected chi connectivity index (χ4v) is 1.67. The molecule has 0 radical (unpaired) electrons. The van der Waals surface area contributed by atoms with Crippen molar-refractivity contribution in [2.75, 3.05) is 33.9 Å². The van der Waals surface area contributed by atoms with Crippen molar-refractivity contribution in [3.05, 3.63) is 22.7 Å². The zero-order valence-corrected chi connectivity index (χ0v) is 11.6. The van der Waals surface area contributed by atoms with Gasteiger partial charge >= 0.3 is 0 Å². The largest absolute Gasteiger partial charge is 0.494 e. The summed E-state index contributed by atoms with van der Waals surface area (Å²) in [4.78, 5) is 2.09. The number of benzene rings is 1. The minimum Gasteiger partial charge on any atom is -0.494 e. The first-order chi connectivity index (χ1) is 7.63. The predicted molar refractivity (Wildman–Crippen MR) is 69.4 cm³/mol. The Balaban J connectivity index is 2.54. The molecule has 0 aliphatic heterocycles. The van der Waals surface area contributed by atoms with E-state index in [1.807, 2.05) is 39.2 Å². The molecule has 0 bridgehead atoms. The average Bonchev–Trinajstić information content (AvgIpc) is 2.21. The molecular formula is C12H18BrNO2. The zero-order chi connectivity index (χ0) is 12.0. The highest BCUT2D eigenvalue weighted by atomic mass is 79.9. The van der Waals surface area contributed by atoms with Crippen molar-refractivity contribution in [1.82, 2.24) is 4.90 Å². The van der Waals surface area contributed by atoms with Crippen molar-refractivity contribution in [1.29, 1.82) is 0 Å². The van der Waals surface area contributed by atoms with Gasteiger partial charge in [0.15, 0.2) is 0 Å². The van der Waals surface area contributed by atoms with Gasteiger partial charge in [0.1, 0.15) is 18.1 Å². The first kappa shape index (κ1) is 13.3. The second-order valence-electron chi connectivity index (χ2n) is 3.68. The Kier molecular flexibility index (Phi) is 5.63. The maximum Gasteiger partial charge on any atom is 0.133 e. The molecule has 0 saturated heterocycles. The Hall–Kier alpha value is -0.740. The monoisotopic (exact) mass is 287 g/mol. The van der Waals surface area contributed by atoms with Crippen LogP contribution in [0.1, 0.15) is 6.92 Å². The van der Waals surface area contributed by atoms with Crippen LogP contribution in [0.3, 0.4) is 0 Å². The van der Waals surface area contributed by atoms with Crippen LogP contribution in [0.2, 0.25) is 0 Å². The van der Waals surface area contributed by atoms with Crippen LogP contribution < -0.4 is 9.47 Å². The number of nitrogens with zero attached hydrogens (tertiary/aromatic N) is 1. The molecule has 3 nitrogen and oxygen atoms in total. The van der Waals surface area contributed by atoms with E-state index in [0.29, 0.717) is 13.2 Å². The summed E-state index contributed by atoms with van der Waals surface area (Å²) in [5.41, 5.74) is 0. The van der Waals surface area contributed by atoms with E-state index in [1.165, 1.54) is 0 Å². The van der Waals surface area contributed by atoms with Gasteiger partial charge in [-0.3, -0.25) is 0 Å². The highest BCUT2D eigenvalue weighted by molar-refractivity contribution is 9.10. The van der Waals surface area contributed by atoms with Gasteiger partial charge in [0.2, 0.25) is 0 Å². The van der Waals surface area contributed by atoms with E-state index >= 15 is 0 Å². The van der Waals surface area contributed by atoms with Crippen LogP contribution in [0.5, 0.6) is 11.5 Å². The normalized spacial score (nSPS) is 10.6. The van der Waals surface area contributed by atoms with Crippen LogP contribution in [0.25, 0.3) is 0 Å². The van der Waals surface area contributed by atoms with Crippen molar-refractivity contribution in [2.45, 2.75) is 6.92 Å². The number of likely N-dealkylation sites (N-methyl/N-ethyl adjacent to an activating group) is 1. The fourth-order valence-electron chi connectivity index (χ4n) is 1.19. The number of halogens is 1. The van der Waals surface area contributed by atoms with Crippen LogP contribution in [-0.4, -0.2) is 38.8 Å². The lowest BCUT2D eigenvalue weighted by molar-refractivity contribution is 0.259. The number of rotatable bonds is 6. The fraction of sp³-hybridized carbons (Fsp3) is 0.500. The van der Waals surface area contributed by atoms with Crippen molar-refractivity contribution < 1.29 is 9.47 Å². The van der Waals surface area contributed by atoms with Crippen molar-refractivity contribution in [2.24, 2.45) is 0 Å². The Morgan fingerprint density at radius 3 is 2.56 bits per heavy atom. The van der Waals surface area contributed by atoms with Crippen LogP contribution >= 0.6 is 15.9 Å². The maximum absolute atomic E-state index is 5.64. The molecular weight excluding hydrogens is 270 g/mol.